The molecule has 0 fully saturated rings. The molecule has 8 nitrogen and oxygen atoms in total. The average Bonchev–Trinajstić information content (AvgIpc) is 3.46. The molecule has 9 heteroatoms. The Morgan fingerprint density at radius 2 is 1.53 bits per heavy atom. The zero-order valence-corrected chi connectivity index (χ0v) is 20.1. The van der Waals surface area contributed by atoms with Crippen LogP contribution in [-0.2, 0) is 19.6 Å². The van der Waals surface area contributed by atoms with E-state index in [-0.39, 0.29) is 36.5 Å². The summed E-state index contributed by atoms with van der Waals surface area (Å²) in [5.41, 5.74) is 0.478. The molecule has 0 radical (unpaired) electrons. The largest absolute Gasteiger partial charge is 0.467 e. The fourth-order valence-corrected chi connectivity index (χ4v) is 4.16. The normalized spacial score (nSPS) is 11.0. The lowest BCUT2D eigenvalue weighted by Crippen LogP contribution is -2.41. The minimum absolute atomic E-state index is 0.0540. The summed E-state index contributed by atoms with van der Waals surface area (Å²) < 4.78 is 20.8. The topological polar surface area (TPSA) is 103 Å². The third-order valence-corrected chi connectivity index (χ3v) is 6.16. The van der Waals surface area contributed by atoms with E-state index in [1.807, 2.05) is 0 Å². The molecule has 0 aliphatic rings. The summed E-state index contributed by atoms with van der Waals surface area (Å²) in [4.78, 5) is 52.0. The van der Waals surface area contributed by atoms with Gasteiger partial charge in [-0.15, -0.1) is 0 Å². The number of carbonyl (C=O) groups is 2. The van der Waals surface area contributed by atoms with Gasteiger partial charge in [-0.3, -0.25) is 23.5 Å². The summed E-state index contributed by atoms with van der Waals surface area (Å²) in [5, 5.41) is 3.04. The molecule has 38 heavy (non-hydrogen) atoms. The predicted octanol–water partition coefficient (Wildman–Crippen LogP) is 3.76. The number of nitrogens with one attached hydrogen (secondary N) is 1. The van der Waals surface area contributed by atoms with Crippen LogP contribution in [0, 0.1) is 5.82 Å². The lowest BCUT2D eigenvalue weighted by Gasteiger charge is -2.14. The van der Waals surface area contributed by atoms with Crippen LogP contribution in [-0.4, -0.2) is 20.8 Å². The van der Waals surface area contributed by atoms with Crippen molar-refractivity contribution in [3.05, 3.63) is 140 Å². The molecule has 0 unspecified atom stereocenters. The van der Waals surface area contributed by atoms with Crippen LogP contribution in [0.25, 0.3) is 10.9 Å². The number of rotatable bonds is 8. The van der Waals surface area contributed by atoms with Crippen molar-refractivity contribution in [2.75, 3.05) is 0 Å². The molecule has 190 valence electrons. The Balaban J connectivity index is 1.42. The van der Waals surface area contributed by atoms with Gasteiger partial charge >= 0.3 is 5.69 Å². The van der Waals surface area contributed by atoms with Crippen molar-refractivity contribution in [1.82, 2.24) is 14.5 Å². The first-order valence-corrected chi connectivity index (χ1v) is 11.8. The number of furan rings is 1. The summed E-state index contributed by atoms with van der Waals surface area (Å²) in [5.74, 6) is -0.538. The number of hydrogen-bond acceptors (Lipinski definition) is 5. The maximum atomic E-state index is 13.4. The molecule has 0 aliphatic carbocycles. The Kier molecular flexibility index (Phi) is 6.82. The number of hydrogen-bond donors (Lipinski definition) is 1. The van der Waals surface area contributed by atoms with E-state index in [0.29, 0.717) is 22.4 Å². The molecule has 0 bridgehead atoms. The van der Waals surface area contributed by atoms with E-state index in [1.165, 1.54) is 35.1 Å². The standard InChI is InChI=1S/C29H22FN3O5/c30-22-13-11-20(12-14-22)26(34)18-32-25-6-2-1-5-24(25)28(36)33(29(32)37)17-19-7-9-21(10-8-19)27(35)31-16-23-4-3-15-38-23/h1-15H,16-18H2,(H,31,35). The summed E-state index contributed by atoms with van der Waals surface area (Å²) in [6.07, 6.45) is 1.53. The van der Waals surface area contributed by atoms with Crippen molar-refractivity contribution in [2.24, 2.45) is 0 Å². The van der Waals surface area contributed by atoms with E-state index in [1.54, 1.807) is 60.7 Å². The minimum Gasteiger partial charge on any atom is -0.467 e. The number of aromatic nitrogens is 2. The smallest absolute Gasteiger partial charge is 0.332 e. The molecule has 3 aromatic carbocycles. The molecule has 1 N–H and O–H groups in total. The van der Waals surface area contributed by atoms with Crippen molar-refractivity contribution in [1.29, 1.82) is 0 Å². The Bertz CT molecular complexity index is 1740. The lowest BCUT2D eigenvalue weighted by atomic mass is 10.1. The van der Waals surface area contributed by atoms with E-state index in [0.717, 1.165) is 4.57 Å². The number of Topliss-reactive ketones (excluding diaryl/α,β-unsaturated/α-hetero) is 1. The number of ketones is 1. The highest BCUT2D eigenvalue weighted by atomic mass is 19.1. The number of nitrogens with zero attached hydrogens (tertiary/aromatic N) is 2. The number of para-hydroxylation sites is 1. The summed E-state index contributed by atoms with van der Waals surface area (Å²) in [6, 6.07) is 21.7. The van der Waals surface area contributed by atoms with Gasteiger partial charge in [0.05, 0.1) is 36.8 Å². The highest BCUT2D eigenvalue weighted by Crippen LogP contribution is 2.12. The van der Waals surface area contributed by atoms with Gasteiger partial charge in [0.15, 0.2) is 5.78 Å². The van der Waals surface area contributed by atoms with Gasteiger partial charge in [-0.25, -0.2) is 9.18 Å². The van der Waals surface area contributed by atoms with E-state index in [9.17, 15) is 23.6 Å². The predicted molar refractivity (Wildman–Crippen MR) is 139 cm³/mol. The van der Waals surface area contributed by atoms with Crippen molar-refractivity contribution in [2.45, 2.75) is 19.6 Å². The monoisotopic (exact) mass is 511 g/mol. The first-order chi connectivity index (χ1) is 18.4. The molecule has 0 atom stereocenters. The van der Waals surface area contributed by atoms with Gasteiger partial charge in [0, 0.05) is 11.1 Å². The second-order valence-corrected chi connectivity index (χ2v) is 8.67. The zero-order chi connectivity index (χ0) is 26.6. The van der Waals surface area contributed by atoms with Gasteiger partial charge in [0.1, 0.15) is 11.6 Å². The average molecular weight is 512 g/mol. The van der Waals surface area contributed by atoms with E-state index in [4.69, 9.17) is 4.42 Å². The lowest BCUT2D eigenvalue weighted by molar-refractivity contribution is 0.0945. The second-order valence-electron chi connectivity index (χ2n) is 8.67. The number of benzene rings is 3. The van der Waals surface area contributed by atoms with Gasteiger partial charge < -0.3 is 9.73 Å². The molecule has 2 aromatic heterocycles. The second kappa shape index (κ2) is 10.5. The third kappa shape index (κ3) is 5.08. The molecule has 0 spiro atoms. The fourth-order valence-electron chi connectivity index (χ4n) is 4.16. The summed E-state index contributed by atoms with van der Waals surface area (Å²) in [6.45, 7) is -0.127. The maximum Gasteiger partial charge on any atom is 0.332 e. The first kappa shape index (κ1) is 24.6. The van der Waals surface area contributed by atoms with Gasteiger partial charge in [0.2, 0.25) is 0 Å². The molecule has 0 saturated heterocycles. The zero-order valence-electron chi connectivity index (χ0n) is 20.1. The highest BCUT2D eigenvalue weighted by Gasteiger charge is 2.17. The van der Waals surface area contributed by atoms with Crippen molar-refractivity contribution >= 4 is 22.6 Å². The first-order valence-electron chi connectivity index (χ1n) is 11.8. The number of amides is 1. The van der Waals surface area contributed by atoms with Crippen LogP contribution >= 0.6 is 0 Å². The van der Waals surface area contributed by atoms with Crippen LogP contribution in [0.4, 0.5) is 4.39 Å². The highest BCUT2D eigenvalue weighted by molar-refractivity contribution is 5.96. The number of halogens is 1. The maximum absolute atomic E-state index is 13.4. The summed E-state index contributed by atoms with van der Waals surface area (Å²) in [7, 11) is 0. The van der Waals surface area contributed by atoms with E-state index < -0.39 is 22.8 Å². The van der Waals surface area contributed by atoms with E-state index >= 15 is 0 Å². The van der Waals surface area contributed by atoms with Gasteiger partial charge in [-0.05, 0) is 66.2 Å². The number of carbonyl (C=O) groups excluding carboxylic acids is 2. The molecule has 1 amide bonds. The van der Waals surface area contributed by atoms with Crippen LogP contribution in [0.5, 0.6) is 0 Å². The van der Waals surface area contributed by atoms with Gasteiger partial charge in [-0.1, -0.05) is 24.3 Å². The molecular weight excluding hydrogens is 489 g/mol. The third-order valence-electron chi connectivity index (χ3n) is 6.16. The van der Waals surface area contributed by atoms with Crippen LogP contribution in [0.2, 0.25) is 0 Å². The fraction of sp³-hybridized carbons (Fsp3) is 0.103. The molecule has 0 aliphatic heterocycles. The Morgan fingerprint density at radius 3 is 2.24 bits per heavy atom. The minimum atomic E-state index is -0.649. The van der Waals surface area contributed by atoms with Gasteiger partial charge in [0.25, 0.3) is 11.5 Å². The van der Waals surface area contributed by atoms with Crippen LogP contribution in [0.3, 0.4) is 0 Å². The van der Waals surface area contributed by atoms with Crippen molar-refractivity contribution in [3.8, 4) is 0 Å². The van der Waals surface area contributed by atoms with Crippen LogP contribution < -0.4 is 16.6 Å². The van der Waals surface area contributed by atoms with Crippen LogP contribution in [0.15, 0.2) is 105 Å². The Morgan fingerprint density at radius 1 is 0.816 bits per heavy atom. The molecule has 5 rings (SSSR count). The molecule has 0 saturated carbocycles. The molecular formula is C29H22FN3O5. The van der Waals surface area contributed by atoms with Crippen molar-refractivity contribution in [3.63, 3.8) is 0 Å². The summed E-state index contributed by atoms with van der Waals surface area (Å²) >= 11 is 0. The van der Waals surface area contributed by atoms with Gasteiger partial charge in [-0.2, -0.15) is 0 Å². The molecule has 2 heterocycles. The number of fused-ring (bicyclic) bond motifs is 1. The van der Waals surface area contributed by atoms with Crippen molar-refractivity contribution < 1.29 is 18.4 Å². The van der Waals surface area contributed by atoms with E-state index in [2.05, 4.69) is 5.32 Å². The molecule has 5 aromatic rings. The quantitative estimate of drug-likeness (QED) is 0.320. The Hall–Kier alpha value is -5.05. The Labute approximate surface area is 215 Å². The SMILES string of the molecule is O=C(Cn1c(=O)n(Cc2ccc(C(=O)NCc3ccco3)cc2)c(=O)c2ccccc21)c1ccc(F)cc1. The van der Waals surface area contributed by atoms with Crippen LogP contribution in [0.1, 0.15) is 32.0 Å².